The molecule has 0 aliphatic carbocycles. The first-order valence-electron chi connectivity index (χ1n) is 4.77. The van der Waals surface area contributed by atoms with Crippen LogP contribution < -0.4 is 10.5 Å². The van der Waals surface area contributed by atoms with Crippen molar-refractivity contribution in [3.63, 3.8) is 0 Å². The van der Waals surface area contributed by atoms with Crippen LogP contribution in [-0.4, -0.2) is 9.36 Å². The topological polar surface area (TPSA) is 61.0 Å². The average Bonchev–Trinajstić information content (AvgIpc) is 2.69. The molecule has 0 aliphatic heterocycles. The number of halogens is 2. The van der Waals surface area contributed by atoms with Gasteiger partial charge in [0.1, 0.15) is 0 Å². The van der Waals surface area contributed by atoms with E-state index in [2.05, 4.69) is 25.3 Å². The largest absolute Gasteiger partial charge is 0.480 e. The number of anilines is 1. The maximum Gasteiger partial charge on any atom is 0.200 e. The van der Waals surface area contributed by atoms with Crippen molar-refractivity contribution in [1.82, 2.24) is 9.36 Å². The molecule has 2 aromatic rings. The van der Waals surface area contributed by atoms with Crippen LogP contribution in [0.25, 0.3) is 0 Å². The van der Waals surface area contributed by atoms with Crippen molar-refractivity contribution in [2.45, 2.75) is 13.0 Å². The molecule has 1 atom stereocenters. The molecule has 0 unspecified atom stereocenters. The van der Waals surface area contributed by atoms with Gasteiger partial charge in [-0.25, -0.2) is 4.39 Å². The first kappa shape index (κ1) is 12.3. The summed E-state index contributed by atoms with van der Waals surface area (Å²) in [6.07, 6.45) is -0.445. The number of hydrogen-bond acceptors (Lipinski definition) is 5. The first-order chi connectivity index (χ1) is 8.06. The van der Waals surface area contributed by atoms with Gasteiger partial charge >= 0.3 is 0 Å². The van der Waals surface area contributed by atoms with Gasteiger partial charge in [0, 0.05) is 16.0 Å². The summed E-state index contributed by atoms with van der Waals surface area (Å²) in [6.45, 7) is 1.74. The Bertz CT molecular complexity index is 534. The van der Waals surface area contributed by atoms with Crippen molar-refractivity contribution >= 4 is 32.6 Å². The molecule has 1 aromatic carbocycles. The average molecular weight is 318 g/mol. The molecule has 1 aromatic heterocycles. The predicted molar refractivity (Wildman–Crippen MR) is 67.5 cm³/mol. The van der Waals surface area contributed by atoms with Crippen molar-refractivity contribution in [1.29, 1.82) is 0 Å². The Kier molecular flexibility index (Phi) is 3.58. The number of nitrogens with two attached hydrogens (primary N) is 1. The van der Waals surface area contributed by atoms with Crippen LogP contribution in [0.4, 0.5) is 9.52 Å². The third-order valence-corrected chi connectivity index (χ3v) is 3.07. The van der Waals surface area contributed by atoms with E-state index in [1.54, 1.807) is 19.1 Å². The zero-order valence-corrected chi connectivity index (χ0v) is 11.3. The number of aromatic nitrogens is 2. The van der Waals surface area contributed by atoms with Crippen LogP contribution in [0, 0.1) is 5.82 Å². The summed E-state index contributed by atoms with van der Waals surface area (Å²) in [6, 6.07) is 4.59. The SMILES string of the molecule is C[C@H](Oc1ccc(Br)cc1F)c1nsc(N)n1. The number of nitrogen functional groups attached to an aromatic ring is 1. The molecule has 1 heterocycles. The second kappa shape index (κ2) is 4.97. The molecule has 4 nitrogen and oxygen atoms in total. The Hall–Kier alpha value is -1.21. The maximum atomic E-state index is 13.5. The number of benzene rings is 1. The Balaban J connectivity index is 2.15. The molecule has 2 N–H and O–H groups in total. The van der Waals surface area contributed by atoms with Crippen LogP contribution >= 0.6 is 27.5 Å². The van der Waals surface area contributed by atoms with Crippen LogP contribution in [0.5, 0.6) is 5.75 Å². The van der Waals surface area contributed by atoms with Crippen LogP contribution in [0.1, 0.15) is 18.9 Å². The van der Waals surface area contributed by atoms with Crippen molar-refractivity contribution in [3.05, 3.63) is 34.3 Å². The lowest BCUT2D eigenvalue weighted by Gasteiger charge is -2.12. The van der Waals surface area contributed by atoms with Gasteiger partial charge in [-0.1, -0.05) is 15.9 Å². The normalized spacial score (nSPS) is 12.4. The van der Waals surface area contributed by atoms with E-state index in [-0.39, 0.29) is 5.75 Å². The molecule has 0 fully saturated rings. The molecular formula is C10H9BrFN3OS. The molecule has 0 saturated heterocycles. The Labute approximate surface area is 110 Å². The first-order valence-corrected chi connectivity index (χ1v) is 6.33. The molecule has 0 saturated carbocycles. The molecule has 0 radical (unpaired) electrons. The van der Waals surface area contributed by atoms with E-state index in [1.165, 1.54) is 6.07 Å². The standard InChI is InChI=1S/C10H9BrFN3OS/c1-5(9-14-10(13)17-15-9)16-8-3-2-6(11)4-7(8)12/h2-5H,1H3,(H2,13,14,15)/t5-/m0/s1. The summed E-state index contributed by atoms with van der Waals surface area (Å²) in [5.74, 6) is 0.179. The van der Waals surface area contributed by atoms with Gasteiger partial charge in [0.2, 0.25) is 0 Å². The third kappa shape index (κ3) is 2.92. The van der Waals surface area contributed by atoms with Crippen molar-refractivity contribution < 1.29 is 9.13 Å². The highest BCUT2D eigenvalue weighted by molar-refractivity contribution is 9.10. The fourth-order valence-corrected chi connectivity index (χ4v) is 2.07. The fourth-order valence-electron chi connectivity index (χ4n) is 1.23. The molecule has 0 amide bonds. The smallest absolute Gasteiger partial charge is 0.200 e. The van der Waals surface area contributed by atoms with Gasteiger partial charge in [-0.15, -0.1) is 0 Å². The van der Waals surface area contributed by atoms with Crippen LogP contribution in [0.2, 0.25) is 0 Å². The van der Waals surface area contributed by atoms with E-state index in [0.717, 1.165) is 11.5 Å². The number of nitrogens with zero attached hydrogens (tertiary/aromatic N) is 2. The molecule has 0 aliphatic rings. The minimum atomic E-state index is -0.445. The van der Waals surface area contributed by atoms with Crippen LogP contribution in [0.15, 0.2) is 22.7 Å². The summed E-state index contributed by atoms with van der Waals surface area (Å²) in [4.78, 5) is 3.98. The zero-order valence-electron chi connectivity index (χ0n) is 8.85. The van der Waals surface area contributed by atoms with E-state index < -0.39 is 11.9 Å². The Morgan fingerprint density at radius 3 is 2.88 bits per heavy atom. The molecule has 90 valence electrons. The highest BCUT2D eigenvalue weighted by Gasteiger charge is 2.15. The zero-order chi connectivity index (χ0) is 12.4. The fraction of sp³-hybridized carbons (Fsp3) is 0.200. The minimum absolute atomic E-state index is 0.161. The van der Waals surface area contributed by atoms with Crippen molar-refractivity contribution in [2.75, 3.05) is 5.73 Å². The van der Waals surface area contributed by atoms with Crippen LogP contribution in [0.3, 0.4) is 0 Å². The van der Waals surface area contributed by atoms with Gasteiger partial charge in [0.05, 0.1) is 0 Å². The number of hydrogen-bond donors (Lipinski definition) is 1. The van der Waals surface area contributed by atoms with Gasteiger partial charge in [-0.2, -0.15) is 9.36 Å². The monoisotopic (exact) mass is 317 g/mol. The van der Waals surface area contributed by atoms with E-state index >= 15 is 0 Å². The van der Waals surface area contributed by atoms with Gasteiger partial charge < -0.3 is 10.5 Å². The van der Waals surface area contributed by atoms with E-state index in [4.69, 9.17) is 10.5 Å². The molecular weight excluding hydrogens is 309 g/mol. The lowest BCUT2D eigenvalue weighted by Crippen LogP contribution is -2.06. The Morgan fingerprint density at radius 2 is 2.29 bits per heavy atom. The van der Waals surface area contributed by atoms with Gasteiger partial charge in [0.25, 0.3) is 0 Å². The summed E-state index contributed by atoms with van der Waals surface area (Å²) in [5.41, 5.74) is 5.47. The lowest BCUT2D eigenvalue weighted by molar-refractivity contribution is 0.208. The number of rotatable bonds is 3. The molecule has 17 heavy (non-hydrogen) atoms. The minimum Gasteiger partial charge on any atom is -0.480 e. The summed E-state index contributed by atoms with van der Waals surface area (Å²) >= 11 is 4.26. The summed E-state index contributed by atoms with van der Waals surface area (Å²) < 4.78 is 23.6. The molecule has 7 heteroatoms. The van der Waals surface area contributed by atoms with Gasteiger partial charge in [0.15, 0.2) is 28.6 Å². The van der Waals surface area contributed by atoms with Crippen LogP contribution in [-0.2, 0) is 0 Å². The van der Waals surface area contributed by atoms with Crippen molar-refractivity contribution in [3.8, 4) is 5.75 Å². The molecule has 2 rings (SSSR count). The molecule has 0 spiro atoms. The highest BCUT2D eigenvalue weighted by Crippen LogP contribution is 2.26. The van der Waals surface area contributed by atoms with Crippen molar-refractivity contribution in [2.24, 2.45) is 0 Å². The second-order valence-corrected chi connectivity index (χ2v) is 5.02. The van der Waals surface area contributed by atoms with E-state index in [0.29, 0.717) is 15.4 Å². The predicted octanol–water partition coefficient (Wildman–Crippen LogP) is 3.16. The second-order valence-electron chi connectivity index (χ2n) is 3.33. The third-order valence-electron chi connectivity index (χ3n) is 2.02. The maximum absolute atomic E-state index is 13.5. The quantitative estimate of drug-likeness (QED) is 0.944. The Morgan fingerprint density at radius 1 is 1.53 bits per heavy atom. The molecule has 0 bridgehead atoms. The summed E-state index contributed by atoms with van der Waals surface area (Å²) in [7, 11) is 0. The lowest BCUT2D eigenvalue weighted by atomic mass is 10.3. The summed E-state index contributed by atoms with van der Waals surface area (Å²) in [5, 5.41) is 0.367. The number of ether oxygens (including phenoxy) is 1. The highest BCUT2D eigenvalue weighted by atomic mass is 79.9. The van der Waals surface area contributed by atoms with Gasteiger partial charge in [-0.3, -0.25) is 0 Å². The van der Waals surface area contributed by atoms with Gasteiger partial charge in [-0.05, 0) is 25.1 Å². The van der Waals surface area contributed by atoms with E-state index in [9.17, 15) is 4.39 Å². The van der Waals surface area contributed by atoms with E-state index in [1.807, 2.05) is 0 Å².